The van der Waals surface area contributed by atoms with Crippen molar-refractivity contribution < 1.29 is 0 Å². The van der Waals surface area contributed by atoms with Crippen LogP contribution in [-0.4, -0.2) is 10.6 Å². The monoisotopic (exact) mass is 1710 g/mol. The Bertz CT molecular complexity index is 8400. The maximum Gasteiger partial charge on any atom is 0.0632 e. The van der Waals surface area contributed by atoms with Crippen LogP contribution in [0.4, 0.5) is 45.5 Å². The van der Waals surface area contributed by atoms with Gasteiger partial charge in [-0.15, -0.1) is 0 Å². The van der Waals surface area contributed by atoms with Crippen molar-refractivity contribution in [3.63, 3.8) is 0 Å². The number of rotatable bonds is 18. The number of nitrogens with zero attached hydrogens (tertiary/aromatic N) is 4. The number of allylic oxidation sites excluding steroid dienone is 4. The number of fused-ring (bicyclic) bond motifs is 11. The van der Waals surface area contributed by atoms with Crippen LogP contribution in [0.3, 0.4) is 0 Å². The van der Waals surface area contributed by atoms with Crippen molar-refractivity contribution in [2.75, 3.05) is 14.7 Å². The molecule has 4 nitrogen and oxygen atoms in total. The molecular weight excluding hydrogens is 1620 g/mol. The van der Waals surface area contributed by atoms with Gasteiger partial charge in [0.1, 0.15) is 0 Å². The van der Waals surface area contributed by atoms with Crippen LogP contribution in [0.15, 0.2) is 527 Å². The minimum absolute atomic E-state index is 0.0313. The summed E-state index contributed by atoms with van der Waals surface area (Å²) in [4.78, 5) is 7.58. The normalized spacial score (nSPS) is 14.4. The highest BCUT2D eigenvalue weighted by Crippen LogP contribution is 2.56. The van der Waals surface area contributed by atoms with Crippen LogP contribution in [0.1, 0.15) is 29.4 Å². The zero-order chi connectivity index (χ0) is 88.5. The fourth-order valence-electron chi connectivity index (χ4n) is 21.8. The van der Waals surface area contributed by atoms with E-state index in [0.717, 1.165) is 107 Å². The first kappa shape index (κ1) is 79.0. The Kier molecular flexibility index (Phi) is 19.9. The van der Waals surface area contributed by atoms with Crippen molar-refractivity contribution in [3.8, 4) is 106 Å². The van der Waals surface area contributed by atoms with Crippen molar-refractivity contribution in [2.45, 2.75) is 24.3 Å². The lowest BCUT2D eigenvalue weighted by atomic mass is 9.76. The van der Waals surface area contributed by atoms with Crippen molar-refractivity contribution in [2.24, 2.45) is 0 Å². The summed E-state index contributed by atoms with van der Waals surface area (Å²) in [5.74, 6) is 0.244. The van der Waals surface area contributed by atoms with E-state index in [1.165, 1.54) is 127 Å². The maximum absolute atomic E-state index is 2.65. The summed E-state index contributed by atoms with van der Waals surface area (Å²) >= 11 is 0. The van der Waals surface area contributed by atoms with Crippen LogP contribution in [0.5, 0.6) is 0 Å². The highest BCUT2D eigenvalue weighted by Gasteiger charge is 2.41. The van der Waals surface area contributed by atoms with Gasteiger partial charge in [0.2, 0.25) is 0 Å². The Morgan fingerprint density at radius 2 is 0.701 bits per heavy atom. The molecule has 1 aromatic heterocycles. The predicted molar refractivity (Wildman–Crippen MR) is 566 cm³/mol. The average molecular weight is 1710 g/mol. The van der Waals surface area contributed by atoms with Crippen LogP contribution >= 0.6 is 0 Å². The molecule has 4 heteroatoms. The molecule has 0 amide bonds. The molecule has 2 aliphatic carbocycles. The Morgan fingerprint density at radius 1 is 0.231 bits per heavy atom. The molecule has 0 saturated heterocycles. The summed E-state index contributed by atoms with van der Waals surface area (Å²) in [6.45, 7) is 0. The third-order valence-electron chi connectivity index (χ3n) is 28.1. The van der Waals surface area contributed by atoms with E-state index in [0.29, 0.717) is 0 Å². The lowest BCUT2D eigenvalue weighted by molar-refractivity contribution is 0.709. The van der Waals surface area contributed by atoms with Crippen molar-refractivity contribution in [1.82, 2.24) is 4.57 Å². The third kappa shape index (κ3) is 14.1. The molecule has 21 aromatic carbocycles. The van der Waals surface area contributed by atoms with Crippen LogP contribution in [-0.2, 0) is 0 Å². The topological polar surface area (TPSA) is 14.7 Å². The minimum Gasteiger partial charge on any atom is -0.333 e. The van der Waals surface area contributed by atoms with Crippen LogP contribution < -0.4 is 14.7 Å². The molecule has 22 aromatic rings. The van der Waals surface area contributed by atoms with Crippen LogP contribution in [0.25, 0.3) is 160 Å². The lowest BCUT2D eigenvalue weighted by Crippen LogP contribution is -2.31. The molecule has 630 valence electrons. The molecule has 3 atom stereocenters. The highest BCUT2D eigenvalue weighted by molar-refractivity contribution is 6.19. The third-order valence-corrected chi connectivity index (χ3v) is 28.1. The molecule has 0 bridgehead atoms. The van der Waals surface area contributed by atoms with Gasteiger partial charge in [0.05, 0.1) is 28.5 Å². The van der Waals surface area contributed by atoms with Crippen molar-refractivity contribution in [3.05, 3.63) is 538 Å². The Balaban J connectivity index is 0.576. The average Bonchev–Trinajstić information content (AvgIpc) is 1.58. The first-order valence-electron chi connectivity index (χ1n) is 46.7. The van der Waals surface area contributed by atoms with Crippen LogP contribution in [0.2, 0.25) is 0 Å². The summed E-state index contributed by atoms with van der Waals surface area (Å²) in [6, 6.07) is 182. The van der Waals surface area contributed by atoms with Crippen molar-refractivity contribution in [1.29, 1.82) is 0 Å². The minimum atomic E-state index is 0.0313. The predicted octanol–water partition coefficient (Wildman–Crippen LogP) is 35.4. The van der Waals surface area contributed by atoms with Gasteiger partial charge in [-0.05, 0) is 242 Å². The lowest BCUT2D eigenvalue weighted by Gasteiger charge is -2.34. The molecule has 3 aliphatic rings. The highest BCUT2D eigenvalue weighted by atomic mass is 15.2. The van der Waals surface area contributed by atoms with Gasteiger partial charge in [0, 0.05) is 84.5 Å². The van der Waals surface area contributed by atoms with Gasteiger partial charge in [-0.3, -0.25) is 0 Å². The Morgan fingerprint density at radius 3 is 1.44 bits per heavy atom. The fourth-order valence-corrected chi connectivity index (χ4v) is 21.8. The molecule has 0 saturated carbocycles. The van der Waals surface area contributed by atoms with E-state index in [2.05, 4.69) is 535 Å². The molecule has 0 radical (unpaired) electrons. The Labute approximate surface area is 781 Å². The standard InChI is InChI=1S/C130H90N4/c1-6-31-87(32-7-1)90-63-69-104(70-64-90)132(128-78-68-101(83-121(128)93-40-14-5-15-41-93)112-47-21-25-56-125(112)134-127-58-27-22-49-117(127)119-75-67-94-42-18-19-48-113(94)130(119)134)107-74-76-109(91-36-10-3-11-37-91)122(86-107)116-54-30-52-114-108(51-29-53-115(114)116)100-62-60-98-82-123-118-50-23-26-57-126(118)133(129(123)84-102(98)80-100)124-55-24-20-46-111(124)95-65-71-103(72-66-95)131(105-45-28-44-97(81-105)88-33-8-2-9-34-88)106-73-77-110(120(85-106)92-38-12-4-13-39-92)99-61-59-89-35-16-17-43-96(89)79-99/h1-79,81-86,100,123,129H,80H2. The van der Waals surface area contributed by atoms with E-state index in [4.69, 9.17) is 0 Å². The van der Waals surface area contributed by atoms with Gasteiger partial charge in [-0.25, -0.2) is 0 Å². The van der Waals surface area contributed by atoms with E-state index in [-0.39, 0.29) is 17.9 Å². The molecule has 3 unspecified atom stereocenters. The SMILES string of the molecule is C1=CC(c2cccc3c(-c4cc(N(c5ccc(-c6ccccc6)cc5)c5ccc(-c6ccccc6-n6c7ccccc7c7ccc8ccccc8c76)cc5-c5ccccc5)ccc4-c4ccccc4)cccc23)CC2=CC3C(C=C12)c1ccccc1N3c1ccccc1-c1ccc(N(c2cccc(-c3ccccc3)c2)c2ccc(-c3ccc4ccccc4c3)c(-c3ccccc3)c2)cc1. The van der Waals surface area contributed by atoms with Gasteiger partial charge < -0.3 is 19.3 Å². The van der Waals surface area contributed by atoms with Gasteiger partial charge in [0.15, 0.2) is 0 Å². The van der Waals surface area contributed by atoms with E-state index in [1.807, 2.05) is 0 Å². The van der Waals surface area contributed by atoms with E-state index in [1.54, 1.807) is 0 Å². The van der Waals surface area contributed by atoms with Crippen LogP contribution in [0, 0.1) is 0 Å². The second-order valence-corrected chi connectivity index (χ2v) is 35.6. The molecule has 134 heavy (non-hydrogen) atoms. The number of para-hydroxylation sites is 4. The fraction of sp³-hybridized carbons (Fsp3) is 0.0308. The van der Waals surface area contributed by atoms with Gasteiger partial charge in [-0.2, -0.15) is 0 Å². The quantitative estimate of drug-likeness (QED) is 0.0851. The second kappa shape index (κ2) is 33.7. The van der Waals surface area contributed by atoms with E-state index < -0.39 is 0 Å². The summed E-state index contributed by atoms with van der Waals surface area (Å²) in [5, 5.41) is 9.82. The molecule has 2 heterocycles. The molecular formula is C130H90N4. The number of benzene rings is 21. The maximum atomic E-state index is 2.65. The summed E-state index contributed by atoms with van der Waals surface area (Å²) < 4.78 is 2.51. The zero-order valence-electron chi connectivity index (χ0n) is 73.8. The van der Waals surface area contributed by atoms with E-state index in [9.17, 15) is 0 Å². The molecule has 1 aliphatic heterocycles. The second-order valence-electron chi connectivity index (χ2n) is 35.6. The van der Waals surface area contributed by atoms with Crippen molar-refractivity contribution >= 4 is 99.6 Å². The van der Waals surface area contributed by atoms with E-state index >= 15 is 0 Å². The molecule has 0 fully saturated rings. The largest absolute Gasteiger partial charge is 0.333 e. The molecule has 25 rings (SSSR count). The Hall–Kier alpha value is -17.2. The first-order chi connectivity index (χ1) is 66.5. The molecule has 0 spiro atoms. The van der Waals surface area contributed by atoms with Gasteiger partial charge >= 0.3 is 0 Å². The smallest absolute Gasteiger partial charge is 0.0632 e. The van der Waals surface area contributed by atoms with Gasteiger partial charge in [-0.1, -0.05) is 413 Å². The summed E-state index contributed by atoms with van der Waals surface area (Å²) in [6.07, 6.45) is 11.0. The zero-order valence-corrected chi connectivity index (χ0v) is 73.8. The number of anilines is 8. The number of hydrogen-bond acceptors (Lipinski definition) is 3. The van der Waals surface area contributed by atoms with Gasteiger partial charge in [0.25, 0.3) is 0 Å². The number of hydrogen-bond donors (Lipinski definition) is 0. The number of aromatic nitrogens is 1. The first-order valence-corrected chi connectivity index (χ1v) is 46.7. The summed E-state index contributed by atoms with van der Waals surface area (Å²) in [5.41, 5.74) is 38.5. The summed E-state index contributed by atoms with van der Waals surface area (Å²) in [7, 11) is 0. The molecule has 0 N–H and O–H groups in total.